The normalized spacial score (nSPS) is 11.5. The molecule has 0 unspecified atom stereocenters. The Morgan fingerprint density at radius 1 is 0.298 bits per heavy atom. The zero-order chi connectivity index (χ0) is 37.7. The van der Waals surface area contributed by atoms with Gasteiger partial charge >= 0.3 is 0 Å². The monoisotopic (exact) mass is 727 g/mol. The van der Waals surface area contributed by atoms with E-state index in [0.29, 0.717) is 0 Å². The average Bonchev–Trinajstić information content (AvgIpc) is 3.81. The Balaban J connectivity index is 1.16. The summed E-state index contributed by atoms with van der Waals surface area (Å²) in [6.45, 7) is 0. The summed E-state index contributed by atoms with van der Waals surface area (Å²) in [6, 6.07) is 81.1. The van der Waals surface area contributed by atoms with E-state index in [1.54, 1.807) is 0 Å². The summed E-state index contributed by atoms with van der Waals surface area (Å²) < 4.78 is 4.79. The molecule has 2 aromatic heterocycles. The summed E-state index contributed by atoms with van der Waals surface area (Å²) in [7, 11) is 0. The molecule has 11 aromatic rings. The highest BCUT2D eigenvalue weighted by molar-refractivity contribution is 6.17. The van der Waals surface area contributed by atoms with Crippen molar-refractivity contribution in [3.8, 4) is 33.6 Å². The van der Waals surface area contributed by atoms with Gasteiger partial charge in [0.2, 0.25) is 0 Å². The standard InChI is InChI=1S/C54H37N3/c1-4-17-38(18-5-1)44-23-10-13-27-49(44)55(41-31-33-42(34-32-41)56-50-28-14-11-24-46(50)47-25-12-15-29-51(47)56)43-35-36-52-48(37-43)54-45(39-19-6-2-7-20-39)26-16-30-53(54)57(52)40-21-8-3-9-22-40/h1-37H. The van der Waals surface area contributed by atoms with Crippen LogP contribution in [0.25, 0.3) is 77.2 Å². The molecule has 0 radical (unpaired) electrons. The van der Waals surface area contributed by atoms with Crippen molar-refractivity contribution in [2.24, 2.45) is 0 Å². The largest absolute Gasteiger partial charge is 0.310 e. The molecule has 3 heteroatoms. The van der Waals surface area contributed by atoms with Crippen molar-refractivity contribution in [2.75, 3.05) is 4.90 Å². The van der Waals surface area contributed by atoms with E-state index in [1.165, 1.54) is 65.9 Å². The molecule has 0 spiro atoms. The van der Waals surface area contributed by atoms with Crippen molar-refractivity contribution >= 4 is 60.7 Å². The lowest BCUT2D eigenvalue weighted by atomic mass is 9.98. The van der Waals surface area contributed by atoms with Gasteiger partial charge in [-0.05, 0) is 95.6 Å². The maximum Gasteiger partial charge on any atom is 0.0547 e. The van der Waals surface area contributed by atoms with Crippen LogP contribution in [0, 0.1) is 0 Å². The minimum atomic E-state index is 1.08. The van der Waals surface area contributed by atoms with Gasteiger partial charge in [0.05, 0.1) is 27.8 Å². The summed E-state index contributed by atoms with van der Waals surface area (Å²) >= 11 is 0. The first-order valence-electron chi connectivity index (χ1n) is 19.5. The third-order valence-electron chi connectivity index (χ3n) is 11.3. The van der Waals surface area contributed by atoms with E-state index >= 15 is 0 Å². The molecule has 0 aliphatic rings. The van der Waals surface area contributed by atoms with Crippen LogP contribution in [0.15, 0.2) is 224 Å². The molecule has 0 atom stereocenters. The van der Waals surface area contributed by atoms with Crippen LogP contribution in [0.5, 0.6) is 0 Å². The summed E-state index contributed by atoms with van der Waals surface area (Å²) in [5.74, 6) is 0. The second-order valence-electron chi connectivity index (χ2n) is 14.5. The molecule has 9 aromatic carbocycles. The summed E-state index contributed by atoms with van der Waals surface area (Å²) in [4.78, 5) is 2.42. The molecule has 0 fully saturated rings. The molecule has 57 heavy (non-hydrogen) atoms. The highest BCUT2D eigenvalue weighted by Gasteiger charge is 2.22. The lowest BCUT2D eigenvalue weighted by molar-refractivity contribution is 1.17. The maximum atomic E-state index is 2.42. The number of aromatic nitrogens is 2. The molecule has 0 amide bonds. The quantitative estimate of drug-likeness (QED) is 0.159. The molecule has 0 bridgehead atoms. The Kier molecular flexibility index (Phi) is 7.82. The maximum absolute atomic E-state index is 2.42. The number of fused-ring (bicyclic) bond motifs is 6. The first-order valence-corrected chi connectivity index (χ1v) is 19.5. The third-order valence-corrected chi connectivity index (χ3v) is 11.3. The zero-order valence-corrected chi connectivity index (χ0v) is 31.2. The molecule has 0 aliphatic carbocycles. The van der Waals surface area contributed by atoms with Gasteiger partial charge in [-0.1, -0.05) is 146 Å². The Bertz CT molecular complexity index is 3160. The van der Waals surface area contributed by atoms with Crippen LogP contribution < -0.4 is 4.90 Å². The highest BCUT2D eigenvalue weighted by Crippen LogP contribution is 2.45. The van der Waals surface area contributed by atoms with Gasteiger partial charge in [-0.3, -0.25) is 0 Å². The second-order valence-corrected chi connectivity index (χ2v) is 14.5. The van der Waals surface area contributed by atoms with E-state index in [9.17, 15) is 0 Å². The third kappa shape index (κ3) is 5.43. The molecule has 0 saturated carbocycles. The summed E-state index contributed by atoms with van der Waals surface area (Å²) in [5.41, 5.74) is 15.1. The topological polar surface area (TPSA) is 13.1 Å². The van der Waals surface area contributed by atoms with Gasteiger partial charge in [-0.2, -0.15) is 0 Å². The van der Waals surface area contributed by atoms with Gasteiger partial charge in [0.1, 0.15) is 0 Å². The van der Waals surface area contributed by atoms with Crippen molar-refractivity contribution in [1.29, 1.82) is 0 Å². The highest BCUT2D eigenvalue weighted by atomic mass is 15.1. The van der Waals surface area contributed by atoms with Gasteiger partial charge in [-0.15, -0.1) is 0 Å². The fraction of sp³-hybridized carbons (Fsp3) is 0. The summed E-state index contributed by atoms with van der Waals surface area (Å²) in [6.07, 6.45) is 0. The van der Waals surface area contributed by atoms with E-state index < -0.39 is 0 Å². The number of anilines is 3. The Morgan fingerprint density at radius 3 is 1.46 bits per heavy atom. The van der Waals surface area contributed by atoms with E-state index in [-0.39, 0.29) is 0 Å². The first-order chi connectivity index (χ1) is 28.3. The fourth-order valence-corrected chi connectivity index (χ4v) is 8.82. The lowest BCUT2D eigenvalue weighted by Crippen LogP contribution is -2.11. The predicted molar refractivity (Wildman–Crippen MR) is 241 cm³/mol. The molecule has 2 heterocycles. The molecular weight excluding hydrogens is 691 g/mol. The summed E-state index contributed by atoms with van der Waals surface area (Å²) in [5, 5.41) is 4.96. The Hall–Kier alpha value is -7.62. The molecule has 268 valence electrons. The first kappa shape index (κ1) is 32.8. The lowest BCUT2D eigenvalue weighted by Gasteiger charge is -2.28. The predicted octanol–water partition coefficient (Wildman–Crippen LogP) is 14.7. The van der Waals surface area contributed by atoms with Gasteiger partial charge < -0.3 is 14.0 Å². The zero-order valence-electron chi connectivity index (χ0n) is 31.2. The van der Waals surface area contributed by atoms with Crippen molar-refractivity contribution in [3.05, 3.63) is 224 Å². The molecule has 0 aliphatic heterocycles. The molecule has 0 saturated heterocycles. The van der Waals surface area contributed by atoms with Crippen LogP contribution in [0.1, 0.15) is 0 Å². The molecule has 0 N–H and O–H groups in total. The fourth-order valence-electron chi connectivity index (χ4n) is 8.82. The van der Waals surface area contributed by atoms with Gasteiger partial charge in [0.15, 0.2) is 0 Å². The van der Waals surface area contributed by atoms with Gasteiger partial charge in [0.25, 0.3) is 0 Å². The molecule has 3 nitrogen and oxygen atoms in total. The van der Waals surface area contributed by atoms with Crippen molar-refractivity contribution < 1.29 is 0 Å². The van der Waals surface area contributed by atoms with Crippen LogP contribution in [0.4, 0.5) is 17.1 Å². The Morgan fingerprint density at radius 2 is 0.772 bits per heavy atom. The molecule has 11 rings (SSSR count). The van der Waals surface area contributed by atoms with Crippen molar-refractivity contribution in [1.82, 2.24) is 9.13 Å². The van der Waals surface area contributed by atoms with E-state index in [2.05, 4.69) is 238 Å². The SMILES string of the molecule is c1ccc(-c2ccccc2N(c2ccc(-n3c4ccccc4c4ccccc43)cc2)c2ccc3c(c2)c2c(-c4ccccc4)cccc2n3-c2ccccc2)cc1. The molecular formula is C54H37N3. The number of hydrogen-bond acceptors (Lipinski definition) is 1. The number of nitrogens with zero attached hydrogens (tertiary/aromatic N) is 3. The smallest absolute Gasteiger partial charge is 0.0547 e. The van der Waals surface area contributed by atoms with Crippen molar-refractivity contribution in [2.45, 2.75) is 0 Å². The number of rotatable bonds is 7. The van der Waals surface area contributed by atoms with Crippen LogP contribution in [-0.2, 0) is 0 Å². The Labute approximate surface area is 331 Å². The second kappa shape index (κ2) is 13.6. The number of hydrogen-bond donors (Lipinski definition) is 0. The van der Waals surface area contributed by atoms with E-state index in [0.717, 1.165) is 28.4 Å². The average molecular weight is 728 g/mol. The van der Waals surface area contributed by atoms with Crippen LogP contribution in [0.3, 0.4) is 0 Å². The number of benzene rings is 9. The van der Waals surface area contributed by atoms with Gasteiger partial charge in [0, 0.05) is 49.9 Å². The van der Waals surface area contributed by atoms with Gasteiger partial charge in [-0.25, -0.2) is 0 Å². The van der Waals surface area contributed by atoms with Crippen molar-refractivity contribution in [3.63, 3.8) is 0 Å². The van der Waals surface area contributed by atoms with E-state index in [4.69, 9.17) is 0 Å². The minimum absolute atomic E-state index is 1.08. The number of para-hydroxylation sites is 4. The van der Waals surface area contributed by atoms with Crippen LogP contribution >= 0.6 is 0 Å². The van der Waals surface area contributed by atoms with Crippen LogP contribution in [0.2, 0.25) is 0 Å². The minimum Gasteiger partial charge on any atom is -0.310 e. The van der Waals surface area contributed by atoms with E-state index in [1.807, 2.05) is 0 Å². The van der Waals surface area contributed by atoms with Crippen LogP contribution in [-0.4, -0.2) is 9.13 Å².